The summed E-state index contributed by atoms with van der Waals surface area (Å²) in [5.41, 5.74) is 0.349. The maximum absolute atomic E-state index is 12.9. The van der Waals surface area contributed by atoms with Crippen LogP contribution in [-0.4, -0.2) is 53.5 Å². The van der Waals surface area contributed by atoms with Gasteiger partial charge in [-0.2, -0.15) is 0 Å². The van der Waals surface area contributed by atoms with Crippen molar-refractivity contribution >= 4 is 23.1 Å². The first-order valence-corrected chi connectivity index (χ1v) is 9.64. The maximum atomic E-state index is 12.9. The van der Waals surface area contributed by atoms with Crippen molar-refractivity contribution in [1.82, 2.24) is 4.90 Å². The number of nitrogens with zero attached hydrogens (tertiary/aromatic N) is 2. The molecular formula is C22H22N2O7. The van der Waals surface area contributed by atoms with Crippen LogP contribution in [0.3, 0.4) is 0 Å². The summed E-state index contributed by atoms with van der Waals surface area (Å²) < 4.78 is 10.4. The SMILES string of the molecule is CCOc1ccc(/C(O)=C2\C(=O)C(=O)N(CCOC)C2c2cccc([N+](=O)[O-])c2)cc1. The van der Waals surface area contributed by atoms with Gasteiger partial charge in [-0.3, -0.25) is 19.7 Å². The van der Waals surface area contributed by atoms with Crippen molar-refractivity contribution < 1.29 is 29.1 Å². The van der Waals surface area contributed by atoms with Crippen molar-refractivity contribution in [2.24, 2.45) is 0 Å². The Morgan fingerprint density at radius 3 is 2.52 bits per heavy atom. The van der Waals surface area contributed by atoms with E-state index in [-0.39, 0.29) is 30.2 Å². The highest BCUT2D eigenvalue weighted by molar-refractivity contribution is 6.46. The lowest BCUT2D eigenvalue weighted by atomic mass is 9.95. The van der Waals surface area contributed by atoms with Gasteiger partial charge in [0.05, 0.1) is 29.8 Å². The number of hydrogen-bond acceptors (Lipinski definition) is 7. The zero-order valence-electron chi connectivity index (χ0n) is 17.1. The Labute approximate surface area is 178 Å². The van der Waals surface area contributed by atoms with Crippen LogP contribution >= 0.6 is 0 Å². The van der Waals surface area contributed by atoms with E-state index in [0.717, 1.165) is 0 Å². The molecule has 0 aliphatic carbocycles. The number of Topliss-reactive ketones (excluding diaryl/α,β-unsaturated/α-hetero) is 1. The average Bonchev–Trinajstić information content (AvgIpc) is 3.02. The van der Waals surface area contributed by atoms with E-state index in [4.69, 9.17) is 9.47 Å². The molecule has 0 aromatic heterocycles. The second-order valence-electron chi connectivity index (χ2n) is 6.79. The molecule has 1 amide bonds. The fourth-order valence-electron chi connectivity index (χ4n) is 3.49. The van der Waals surface area contributed by atoms with E-state index in [0.29, 0.717) is 23.5 Å². The van der Waals surface area contributed by atoms with Crippen molar-refractivity contribution in [2.45, 2.75) is 13.0 Å². The summed E-state index contributed by atoms with van der Waals surface area (Å²) in [6.07, 6.45) is 0. The molecule has 9 nitrogen and oxygen atoms in total. The number of carbonyl (C=O) groups excluding carboxylic acids is 2. The van der Waals surface area contributed by atoms with Crippen LogP contribution in [0.2, 0.25) is 0 Å². The minimum Gasteiger partial charge on any atom is -0.507 e. The van der Waals surface area contributed by atoms with Crippen molar-refractivity contribution in [2.75, 3.05) is 26.9 Å². The number of amides is 1. The van der Waals surface area contributed by atoms with Gasteiger partial charge in [-0.15, -0.1) is 0 Å². The number of rotatable bonds is 8. The average molecular weight is 426 g/mol. The van der Waals surface area contributed by atoms with Crippen molar-refractivity contribution in [1.29, 1.82) is 0 Å². The molecule has 3 rings (SSSR count). The number of aliphatic hydroxyl groups excluding tert-OH is 1. The van der Waals surface area contributed by atoms with E-state index in [2.05, 4.69) is 0 Å². The van der Waals surface area contributed by atoms with E-state index < -0.39 is 22.7 Å². The summed E-state index contributed by atoms with van der Waals surface area (Å²) in [6, 6.07) is 11.1. The van der Waals surface area contributed by atoms with Crippen LogP contribution in [0, 0.1) is 10.1 Å². The fourth-order valence-corrected chi connectivity index (χ4v) is 3.49. The molecule has 1 atom stereocenters. The number of ether oxygens (including phenoxy) is 2. The van der Waals surface area contributed by atoms with E-state index in [1.807, 2.05) is 6.92 Å². The van der Waals surface area contributed by atoms with Crippen LogP contribution in [0.5, 0.6) is 5.75 Å². The molecule has 1 N–H and O–H groups in total. The number of carbonyl (C=O) groups is 2. The topological polar surface area (TPSA) is 119 Å². The Hall–Kier alpha value is -3.72. The number of methoxy groups -OCH3 is 1. The zero-order chi connectivity index (χ0) is 22.5. The van der Waals surface area contributed by atoms with Crippen LogP contribution in [0.15, 0.2) is 54.1 Å². The number of hydrogen-bond donors (Lipinski definition) is 1. The molecule has 1 heterocycles. The molecule has 1 aliphatic heterocycles. The van der Waals surface area contributed by atoms with Crippen LogP contribution in [0.1, 0.15) is 24.1 Å². The molecule has 162 valence electrons. The molecule has 0 radical (unpaired) electrons. The number of nitro benzene ring substituents is 1. The maximum Gasteiger partial charge on any atom is 0.295 e. The van der Waals surface area contributed by atoms with Crippen LogP contribution in [0.25, 0.3) is 5.76 Å². The standard InChI is InChI=1S/C22H22N2O7/c1-3-31-17-9-7-14(8-10-17)20(25)18-19(15-5-4-6-16(13-15)24(28)29)23(11-12-30-2)22(27)21(18)26/h4-10,13,19,25H,3,11-12H2,1-2H3/b20-18+. The van der Waals surface area contributed by atoms with Gasteiger partial charge in [0.2, 0.25) is 0 Å². The summed E-state index contributed by atoms with van der Waals surface area (Å²) in [6.45, 7) is 2.55. The normalized spacial score (nSPS) is 17.7. The lowest BCUT2D eigenvalue weighted by Gasteiger charge is -2.24. The van der Waals surface area contributed by atoms with Gasteiger partial charge in [-0.1, -0.05) is 12.1 Å². The van der Waals surface area contributed by atoms with Gasteiger partial charge in [-0.25, -0.2) is 0 Å². The first-order valence-electron chi connectivity index (χ1n) is 9.64. The first kappa shape index (κ1) is 22.0. The largest absolute Gasteiger partial charge is 0.507 e. The molecule has 31 heavy (non-hydrogen) atoms. The Morgan fingerprint density at radius 2 is 1.90 bits per heavy atom. The fraction of sp³-hybridized carbons (Fsp3) is 0.273. The monoisotopic (exact) mass is 426 g/mol. The van der Waals surface area contributed by atoms with E-state index in [1.54, 1.807) is 30.3 Å². The van der Waals surface area contributed by atoms with Crippen LogP contribution in [-0.2, 0) is 14.3 Å². The smallest absolute Gasteiger partial charge is 0.295 e. The summed E-state index contributed by atoms with van der Waals surface area (Å²) >= 11 is 0. The Bertz CT molecular complexity index is 1030. The number of ketones is 1. The van der Waals surface area contributed by atoms with E-state index in [1.165, 1.54) is 30.2 Å². The van der Waals surface area contributed by atoms with E-state index in [9.17, 15) is 24.8 Å². The van der Waals surface area contributed by atoms with Crippen molar-refractivity contribution in [3.8, 4) is 5.75 Å². The second-order valence-corrected chi connectivity index (χ2v) is 6.79. The molecule has 9 heteroatoms. The number of likely N-dealkylation sites (tertiary alicyclic amines) is 1. The minimum atomic E-state index is -0.985. The van der Waals surface area contributed by atoms with Crippen LogP contribution in [0.4, 0.5) is 5.69 Å². The molecule has 0 saturated carbocycles. The Balaban J connectivity index is 2.13. The van der Waals surface area contributed by atoms with Gasteiger partial charge in [-0.05, 0) is 36.8 Å². The number of nitro groups is 1. The molecule has 0 spiro atoms. The van der Waals surface area contributed by atoms with Gasteiger partial charge < -0.3 is 19.5 Å². The number of non-ortho nitro benzene ring substituents is 1. The Kier molecular flexibility index (Phi) is 6.66. The van der Waals surface area contributed by atoms with Gasteiger partial charge in [0.1, 0.15) is 11.5 Å². The van der Waals surface area contributed by atoms with Crippen molar-refractivity contribution in [3.63, 3.8) is 0 Å². The minimum absolute atomic E-state index is 0.0779. The predicted octanol–water partition coefficient (Wildman–Crippen LogP) is 3.06. The van der Waals surface area contributed by atoms with Crippen molar-refractivity contribution in [3.05, 3.63) is 75.3 Å². The summed E-state index contributed by atoms with van der Waals surface area (Å²) in [5, 5.41) is 22.2. The summed E-state index contributed by atoms with van der Waals surface area (Å²) in [5.74, 6) is -1.44. The molecule has 2 aromatic carbocycles. The third kappa shape index (κ3) is 4.41. The number of aliphatic hydroxyl groups is 1. The van der Waals surface area contributed by atoms with Crippen LogP contribution < -0.4 is 4.74 Å². The summed E-state index contributed by atoms with van der Waals surface area (Å²) in [7, 11) is 1.46. The molecule has 1 unspecified atom stereocenters. The second kappa shape index (κ2) is 9.40. The Morgan fingerprint density at radius 1 is 1.19 bits per heavy atom. The molecule has 1 aliphatic rings. The predicted molar refractivity (Wildman–Crippen MR) is 112 cm³/mol. The summed E-state index contributed by atoms with van der Waals surface area (Å²) in [4.78, 5) is 37.5. The zero-order valence-corrected chi connectivity index (χ0v) is 17.1. The first-order chi connectivity index (χ1) is 14.9. The van der Waals surface area contributed by atoms with Gasteiger partial charge in [0.15, 0.2) is 0 Å². The molecule has 1 fully saturated rings. The highest BCUT2D eigenvalue weighted by atomic mass is 16.6. The number of benzene rings is 2. The quantitative estimate of drug-likeness (QED) is 0.226. The van der Waals surface area contributed by atoms with Gasteiger partial charge in [0.25, 0.3) is 17.4 Å². The van der Waals surface area contributed by atoms with Gasteiger partial charge in [0, 0.05) is 31.4 Å². The molecule has 0 bridgehead atoms. The van der Waals surface area contributed by atoms with E-state index >= 15 is 0 Å². The van der Waals surface area contributed by atoms with Gasteiger partial charge >= 0.3 is 0 Å². The highest BCUT2D eigenvalue weighted by Gasteiger charge is 2.46. The molecular weight excluding hydrogens is 404 g/mol. The molecule has 2 aromatic rings. The third-order valence-corrected chi connectivity index (χ3v) is 4.91. The lowest BCUT2D eigenvalue weighted by Crippen LogP contribution is -2.32. The third-order valence-electron chi connectivity index (χ3n) is 4.91. The molecule has 1 saturated heterocycles. The highest BCUT2D eigenvalue weighted by Crippen LogP contribution is 2.40. The lowest BCUT2D eigenvalue weighted by molar-refractivity contribution is -0.384.